The van der Waals surface area contributed by atoms with Crippen LogP contribution in [-0.2, 0) is 4.79 Å². The molecule has 2 rings (SSSR count). The highest BCUT2D eigenvalue weighted by atomic mass is 16.2. The summed E-state index contributed by atoms with van der Waals surface area (Å²) in [7, 11) is 0. The molecular formula is C17H24N4O2. The van der Waals surface area contributed by atoms with E-state index in [2.05, 4.69) is 22.5 Å². The Kier molecular flexibility index (Phi) is 6.17. The van der Waals surface area contributed by atoms with Gasteiger partial charge >= 0.3 is 6.03 Å². The number of anilines is 2. The second kappa shape index (κ2) is 8.33. The summed E-state index contributed by atoms with van der Waals surface area (Å²) in [4.78, 5) is 23.8. The van der Waals surface area contributed by atoms with Gasteiger partial charge in [0.15, 0.2) is 0 Å². The van der Waals surface area contributed by atoms with Crippen LogP contribution in [0.4, 0.5) is 16.2 Å². The summed E-state index contributed by atoms with van der Waals surface area (Å²) in [5.41, 5.74) is 7.10. The van der Waals surface area contributed by atoms with Gasteiger partial charge in [-0.15, -0.1) is 6.58 Å². The molecule has 23 heavy (non-hydrogen) atoms. The van der Waals surface area contributed by atoms with E-state index in [-0.39, 0.29) is 23.8 Å². The summed E-state index contributed by atoms with van der Waals surface area (Å²) in [6, 6.07) is 6.75. The monoisotopic (exact) mass is 316 g/mol. The number of benzene rings is 1. The number of amides is 3. The minimum absolute atomic E-state index is 0.00230. The highest BCUT2D eigenvalue weighted by Crippen LogP contribution is 2.31. The first-order valence-corrected chi connectivity index (χ1v) is 7.90. The molecule has 6 heteroatoms. The topological polar surface area (TPSA) is 96.2 Å². The minimum atomic E-state index is -0.293. The van der Waals surface area contributed by atoms with Crippen LogP contribution >= 0.6 is 0 Å². The minimum Gasteiger partial charge on any atom is -0.334 e. The van der Waals surface area contributed by atoms with Crippen LogP contribution < -0.4 is 21.7 Å². The highest BCUT2D eigenvalue weighted by molar-refractivity contribution is 5.94. The zero-order valence-electron chi connectivity index (χ0n) is 13.2. The SMILES string of the molecule is C=CCNC(=O)Nc1ccc(NC(=O)[C@@H]2CCC[C@@H]2CN)cc1. The van der Waals surface area contributed by atoms with E-state index < -0.39 is 0 Å². The molecule has 1 saturated carbocycles. The molecule has 3 amide bonds. The predicted molar refractivity (Wildman–Crippen MR) is 92.2 cm³/mol. The van der Waals surface area contributed by atoms with E-state index in [1.807, 2.05) is 0 Å². The summed E-state index contributed by atoms with van der Waals surface area (Å²) in [5.74, 6) is 0.314. The molecule has 124 valence electrons. The molecule has 0 radical (unpaired) electrons. The Morgan fingerprint density at radius 1 is 1.17 bits per heavy atom. The molecule has 1 aliphatic rings. The second-order valence-electron chi connectivity index (χ2n) is 5.72. The summed E-state index contributed by atoms with van der Waals surface area (Å²) < 4.78 is 0. The summed E-state index contributed by atoms with van der Waals surface area (Å²) in [6.45, 7) is 4.50. The van der Waals surface area contributed by atoms with Gasteiger partial charge in [0.05, 0.1) is 0 Å². The molecular weight excluding hydrogens is 292 g/mol. The zero-order chi connectivity index (χ0) is 16.7. The van der Waals surface area contributed by atoms with E-state index in [9.17, 15) is 9.59 Å². The smallest absolute Gasteiger partial charge is 0.319 e. The summed E-state index contributed by atoms with van der Waals surface area (Å²) in [5, 5.41) is 8.25. The molecule has 0 heterocycles. The van der Waals surface area contributed by atoms with Gasteiger partial charge in [-0.25, -0.2) is 4.79 Å². The second-order valence-corrected chi connectivity index (χ2v) is 5.72. The fourth-order valence-electron chi connectivity index (χ4n) is 2.88. The third-order valence-corrected chi connectivity index (χ3v) is 4.12. The van der Waals surface area contributed by atoms with Gasteiger partial charge in [0, 0.05) is 23.8 Å². The Morgan fingerprint density at radius 3 is 2.43 bits per heavy atom. The Bertz CT molecular complexity index is 556. The number of carbonyl (C=O) groups excluding carboxylic acids is 2. The van der Waals surface area contributed by atoms with Gasteiger partial charge in [-0.3, -0.25) is 4.79 Å². The predicted octanol–water partition coefficient (Wildman–Crippen LogP) is 2.31. The van der Waals surface area contributed by atoms with Crippen LogP contribution in [0, 0.1) is 11.8 Å². The van der Waals surface area contributed by atoms with Crippen molar-refractivity contribution in [3.05, 3.63) is 36.9 Å². The number of nitrogens with one attached hydrogen (secondary N) is 3. The van der Waals surface area contributed by atoms with Crippen molar-refractivity contribution >= 4 is 23.3 Å². The lowest BCUT2D eigenvalue weighted by atomic mass is 9.95. The molecule has 0 bridgehead atoms. The molecule has 0 aliphatic heterocycles. The van der Waals surface area contributed by atoms with Crippen molar-refractivity contribution in [3.63, 3.8) is 0 Å². The van der Waals surface area contributed by atoms with Crippen molar-refractivity contribution in [2.24, 2.45) is 17.6 Å². The maximum atomic E-state index is 12.3. The fraction of sp³-hybridized carbons (Fsp3) is 0.412. The van der Waals surface area contributed by atoms with Crippen molar-refractivity contribution in [1.82, 2.24) is 5.32 Å². The Hall–Kier alpha value is -2.34. The molecule has 0 unspecified atom stereocenters. The number of carbonyl (C=O) groups is 2. The van der Waals surface area contributed by atoms with Crippen LogP contribution in [0.1, 0.15) is 19.3 Å². The molecule has 5 N–H and O–H groups in total. The molecule has 1 aromatic rings. The summed E-state index contributed by atoms with van der Waals surface area (Å²) >= 11 is 0. The lowest BCUT2D eigenvalue weighted by molar-refractivity contribution is -0.120. The van der Waals surface area contributed by atoms with Gasteiger partial charge < -0.3 is 21.7 Å². The van der Waals surface area contributed by atoms with Crippen molar-refractivity contribution in [2.75, 3.05) is 23.7 Å². The maximum Gasteiger partial charge on any atom is 0.319 e. The number of nitrogens with two attached hydrogens (primary N) is 1. The Balaban J connectivity index is 1.88. The van der Waals surface area contributed by atoms with Crippen molar-refractivity contribution in [1.29, 1.82) is 0 Å². The average molecular weight is 316 g/mol. The van der Waals surface area contributed by atoms with Gasteiger partial charge in [0.2, 0.25) is 5.91 Å². The maximum absolute atomic E-state index is 12.3. The quantitative estimate of drug-likeness (QED) is 0.606. The lowest BCUT2D eigenvalue weighted by Gasteiger charge is -2.17. The van der Waals surface area contributed by atoms with Gasteiger partial charge in [0.25, 0.3) is 0 Å². The van der Waals surface area contributed by atoms with Gasteiger partial charge in [0.1, 0.15) is 0 Å². The third-order valence-electron chi connectivity index (χ3n) is 4.12. The molecule has 1 aliphatic carbocycles. The van der Waals surface area contributed by atoms with Crippen LogP contribution in [-0.4, -0.2) is 25.0 Å². The van der Waals surface area contributed by atoms with Gasteiger partial charge in [-0.2, -0.15) is 0 Å². The number of rotatable bonds is 6. The van der Waals surface area contributed by atoms with Crippen molar-refractivity contribution in [2.45, 2.75) is 19.3 Å². The average Bonchev–Trinajstić information content (AvgIpc) is 3.03. The van der Waals surface area contributed by atoms with Gasteiger partial charge in [-0.1, -0.05) is 12.5 Å². The normalized spacial score (nSPS) is 19.9. The first-order valence-electron chi connectivity index (χ1n) is 7.90. The summed E-state index contributed by atoms with van der Waals surface area (Å²) in [6.07, 6.45) is 4.59. The zero-order valence-corrected chi connectivity index (χ0v) is 13.2. The number of urea groups is 1. The molecule has 1 aromatic carbocycles. The highest BCUT2D eigenvalue weighted by Gasteiger charge is 2.31. The van der Waals surface area contributed by atoms with Crippen LogP contribution in [0.25, 0.3) is 0 Å². The Labute approximate surface area is 136 Å². The number of hydrogen-bond acceptors (Lipinski definition) is 3. The van der Waals surface area contributed by atoms with E-state index in [0.29, 0.717) is 18.8 Å². The molecule has 6 nitrogen and oxygen atoms in total. The van der Waals surface area contributed by atoms with Crippen LogP contribution in [0.3, 0.4) is 0 Å². The van der Waals surface area contributed by atoms with Crippen molar-refractivity contribution in [3.8, 4) is 0 Å². The molecule has 0 spiro atoms. The van der Waals surface area contributed by atoms with E-state index in [1.165, 1.54) is 0 Å². The van der Waals surface area contributed by atoms with Crippen LogP contribution in [0.5, 0.6) is 0 Å². The molecule has 2 atom stereocenters. The van der Waals surface area contributed by atoms with E-state index in [0.717, 1.165) is 24.9 Å². The third kappa shape index (κ3) is 4.82. The first kappa shape index (κ1) is 17.0. The Morgan fingerprint density at radius 2 is 1.83 bits per heavy atom. The largest absolute Gasteiger partial charge is 0.334 e. The molecule has 0 saturated heterocycles. The van der Waals surface area contributed by atoms with Gasteiger partial charge in [-0.05, 0) is 49.6 Å². The van der Waals surface area contributed by atoms with E-state index in [4.69, 9.17) is 5.73 Å². The number of hydrogen-bond donors (Lipinski definition) is 4. The standard InChI is InChI=1S/C17H24N4O2/c1-2-10-19-17(23)21-14-8-6-13(7-9-14)20-16(22)15-5-3-4-12(15)11-18/h2,6-9,12,15H,1,3-5,10-11,18H2,(H,20,22)(H2,19,21,23)/t12-,15-/m1/s1. The molecule has 1 fully saturated rings. The van der Waals surface area contributed by atoms with Crippen LogP contribution in [0.15, 0.2) is 36.9 Å². The van der Waals surface area contributed by atoms with Crippen molar-refractivity contribution < 1.29 is 9.59 Å². The van der Waals surface area contributed by atoms with E-state index in [1.54, 1.807) is 30.3 Å². The van der Waals surface area contributed by atoms with E-state index >= 15 is 0 Å². The lowest BCUT2D eigenvalue weighted by Crippen LogP contribution is -2.30. The first-order chi connectivity index (χ1) is 11.1. The molecule has 0 aromatic heterocycles. The van der Waals surface area contributed by atoms with Crippen LogP contribution in [0.2, 0.25) is 0 Å². The fourth-order valence-corrected chi connectivity index (χ4v) is 2.88.